The number of hydrogen-bond donors (Lipinski definition) is 2. The van der Waals surface area contributed by atoms with Gasteiger partial charge in [-0.05, 0) is 75.9 Å². The van der Waals surface area contributed by atoms with E-state index in [1.165, 1.54) is 16.4 Å². The molecule has 1 aromatic rings. The number of ether oxygens (including phenoxy) is 1. The van der Waals surface area contributed by atoms with Crippen LogP contribution in [0.1, 0.15) is 50.5 Å². The summed E-state index contributed by atoms with van der Waals surface area (Å²) in [5.41, 5.74) is 0.876. The predicted octanol–water partition coefficient (Wildman–Crippen LogP) is 3.02. The van der Waals surface area contributed by atoms with Gasteiger partial charge in [-0.1, -0.05) is 0 Å². The lowest BCUT2D eigenvalue weighted by molar-refractivity contribution is -0.137. The van der Waals surface area contributed by atoms with Gasteiger partial charge in [-0.25, -0.2) is 18.2 Å². The van der Waals surface area contributed by atoms with Crippen LogP contribution in [0.4, 0.5) is 13.2 Å². The number of hydrogen-bond acceptors (Lipinski definition) is 6. The molecular formula is C22H32F3N3O5S. The molecule has 1 saturated heterocycles. The van der Waals surface area contributed by atoms with E-state index in [1.807, 2.05) is 0 Å². The highest BCUT2D eigenvalue weighted by Gasteiger charge is 2.32. The lowest BCUT2D eigenvalue weighted by Gasteiger charge is -2.31. The van der Waals surface area contributed by atoms with Gasteiger partial charge in [0.2, 0.25) is 15.9 Å². The van der Waals surface area contributed by atoms with Crippen LogP contribution in [-0.2, 0) is 21.0 Å². The SMILES string of the molecule is O=C(CCCN(CCCS(=O)(=O)N1CCC(Oc2ccc(C(F)(F)F)cc2)CC1)C1CC1)NO. The van der Waals surface area contributed by atoms with Crippen molar-refractivity contribution in [3.05, 3.63) is 29.8 Å². The van der Waals surface area contributed by atoms with Crippen LogP contribution in [0.5, 0.6) is 5.75 Å². The monoisotopic (exact) mass is 507 g/mol. The Kier molecular flexibility index (Phi) is 9.19. The first kappa shape index (κ1) is 26.7. The summed E-state index contributed by atoms with van der Waals surface area (Å²) in [4.78, 5) is 13.4. The number of carbonyl (C=O) groups excluding carboxylic acids is 1. The molecule has 1 amide bonds. The molecule has 34 heavy (non-hydrogen) atoms. The zero-order chi connectivity index (χ0) is 24.8. The summed E-state index contributed by atoms with van der Waals surface area (Å²) >= 11 is 0. The molecule has 0 unspecified atom stereocenters. The molecule has 8 nitrogen and oxygen atoms in total. The molecule has 0 radical (unpaired) electrons. The third-order valence-electron chi connectivity index (χ3n) is 6.16. The van der Waals surface area contributed by atoms with Gasteiger partial charge in [0, 0.05) is 25.6 Å². The van der Waals surface area contributed by atoms with E-state index >= 15 is 0 Å². The molecule has 1 aliphatic heterocycles. The molecule has 0 aromatic heterocycles. The molecule has 1 aliphatic carbocycles. The van der Waals surface area contributed by atoms with Crippen molar-refractivity contribution in [1.29, 1.82) is 0 Å². The van der Waals surface area contributed by atoms with Crippen LogP contribution in [0, 0.1) is 0 Å². The second kappa shape index (κ2) is 11.7. The molecule has 2 fully saturated rings. The number of rotatable bonds is 12. The molecule has 0 spiro atoms. The highest BCUT2D eigenvalue weighted by Crippen LogP contribution is 2.31. The number of carbonyl (C=O) groups is 1. The van der Waals surface area contributed by atoms with E-state index in [-0.39, 0.29) is 18.3 Å². The molecule has 0 bridgehead atoms. The zero-order valence-corrected chi connectivity index (χ0v) is 19.8. The fourth-order valence-electron chi connectivity index (χ4n) is 4.14. The van der Waals surface area contributed by atoms with Crippen LogP contribution in [0.15, 0.2) is 24.3 Å². The summed E-state index contributed by atoms with van der Waals surface area (Å²) in [6.45, 7) is 1.95. The number of alkyl halides is 3. The second-order valence-electron chi connectivity index (χ2n) is 8.81. The molecule has 2 N–H and O–H groups in total. The van der Waals surface area contributed by atoms with Crippen molar-refractivity contribution in [2.45, 2.75) is 63.3 Å². The lowest BCUT2D eigenvalue weighted by Crippen LogP contribution is -2.43. The minimum absolute atomic E-state index is 0.0395. The Hall–Kier alpha value is -1.89. The van der Waals surface area contributed by atoms with Crippen LogP contribution < -0.4 is 10.2 Å². The first-order valence-electron chi connectivity index (χ1n) is 11.6. The first-order valence-corrected chi connectivity index (χ1v) is 13.2. The highest BCUT2D eigenvalue weighted by molar-refractivity contribution is 7.89. The summed E-state index contributed by atoms with van der Waals surface area (Å²) in [6.07, 6.45) is -0.231. The Morgan fingerprint density at radius 3 is 2.26 bits per heavy atom. The topological polar surface area (TPSA) is 99.2 Å². The summed E-state index contributed by atoms with van der Waals surface area (Å²) < 4.78 is 70.8. The molecule has 1 aromatic carbocycles. The van der Waals surface area contributed by atoms with Gasteiger partial charge in [-0.15, -0.1) is 0 Å². The molecular weight excluding hydrogens is 475 g/mol. The molecule has 1 heterocycles. The number of sulfonamides is 1. The van der Waals surface area contributed by atoms with Crippen molar-refractivity contribution >= 4 is 15.9 Å². The molecule has 192 valence electrons. The van der Waals surface area contributed by atoms with E-state index in [9.17, 15) is 26.4 Å². The van der Waals surface area contributed by atoms with Crippen molar-refractivity contribution in [3.63, 3.8) is 0 Å². The Morgan fingerprint density at radius 1 is 1.09 bits per heavy atom. The maximum atomic E-state index is 12.8. The maximum absolute atomic E-state index is 12.8. The Balaban J connectivity index is 1.39. The van der Waals surface area contributed by atoms with Gasteiger partial charge >= 0.3 is 6.18 Å². The fraction of sp³-hybridized carbons (Fsp3) is 0.682. The van der Waals surface area contributed by atoms with Gasteiger partial charge in [-0.3, -0.25) is 10.0 Å². The third kappa shape index (κ3) is 8.10. The number of nitrogens with one attached hydrogen (secondary N) is 1. The number of benzene rings is 1. The average molecular weight is 508 g/mol. The normalized spacial score (nSPS) is 18.3. The highest BCUT2D eigenvalue weighted by atomic mass is 32.2. The number of hydroxylamine groups is 1. The van der Waals surface area contributed by atoms with Gasteiger partial charge in [0.15, 0.2) is 0 Å². The third-order valence-corrected chi connectivity index (χ3v) is 8.12. The van der Waals surface area contributed by atoms with Crippen LogP contribution in [0.3, 0.4) is 0 Å². The smallest absolute Gasteiger partial charge is 0.416 e. The van der Waals surface area contributed by atoms with Crippen molar-refractivity contribution in [1.82, 2.24) is 14.7 Å². The Morgan fingerprint density at radius 2 is 1.71 bits per heavy atom. The molecule has 12 heteroatoms. The largest absolute Gasteiger partial charge is 0.490 e. The number of piperidine rings is 1. The standard InChI is InChI=1S/C22H32F3N3O5S/c23-22(24,25)17-4-8-19(9-5-17)33-20-10-14-28(15-11-20)34(31,32)16-2-13-27(18-6-7-18)12-1-3-21(29)26-30/h4-5,8-9,18,20,30H,1-3,6-7,10-16H2,(H,26,29). The van der Waals surface area contributed by atoms with Gasteiger partial charge in [-0.2, -0.15) is 13.2 Å². The maximum Gasteiger partial charge on any atom is 0.416 e. The predicted molar refractivity (Wildman–Crippen MR) is 119 cm³/mol. The van der Waals surface area contributed by atoms with E-state index in [1.54, 1.807) is 5.48 Å². The lowest BCUT2D eigenvalue weighted by atomic mass is 10.1. The minimum atomic E-state index is -4.40. The minimum Gasteiger partial charge on any atom is -0.490 e. The van der Waals surface area contributed by atoms with Crippen LogP contribution in [0.2, 0.25) is 0 Å². The van der Waals surface area contributed by atoms with Gasteiger partial charge in [0.05, 0.1) is 11.3 Å². The van der Waals surface area contributed by atoms with E-state index < -0.39 is 27.7 Å². The van der Waals surface area contributed by atoms with Crippen molar-refractivity contribution in [3.8, 4) is 5.75 Å². The average Bonchev–Trinajstić information content (AvgIpc) is 3.63. The van der Waals surface area contributed by atoms with Crippen molar-refractivity contribution < 1.29 is 36.3 Å². The van der Waals surface area contributed by atoms with E-state index in [0.717, 1.165) is 25.0 Å². The molecule has 1 saturated carbocycles. The Labute approximate surface area is 198 Å². The number of amides is 1. The van der Waals surface area contributed by atoms with E-state index in [0.29, 0.717) is 63.7 Å². The van der Waals surface area contributed by atoms with Crippen LogP contribution in [0.25, 0.3) is 0 Å². The molecule has 2 aliphatic rings. The summed E-state index contributed by atoms with van der Waals surface area (Å²) in [6, 6.07) is 4.96. The number of nitrogens with zero attached hydrogens (tertiary/aromatic N) is 2. The van der Waals surface area contributed by atoms with Crippen LogP contribution in [-0.4, -0.2) is 72.8 Å². The van der Waals surface area contributed by atoms with Gasteiger partial charge in [0.1, 0.15) is 11.9 Å². The van der Waals surface area contributed by atoms with Crippen molar-refractivity contribution in [2.75, 3.05) is 31.9 Å². The Bertz CT molecular complexity index is 899. The second-order valence-corrected chi connectivity index (χ2v) is 10.9. The fourth-order valence-corrected chi connectivity index (χ4v) is 5.66. The summed E-state index contributed by atoms with van der Waals surface area (Å²) in [7, 11) is -3.41. The number of halogens is 3. The summed E-state index contributed by atoms with van der Waals surface area (Å²) in [5.74, 6) is -0.0485. The quantitative estimate of drug-likeness (QED) is 0.333. The molecule has 3 rings (SSSR count). The summed E-state index contributed by atoms with van der Waals surface area (Å²) in [5, 5.41) is 8.57. The van der Waals surface area contributed by atoms with E-state index in [4.69, 9.17) is 9.94 Å². The van der Waals surface area contributed by atoms with Gasteiger partial charge in [0.25, 0.3) is 0 Å². The van der Waals surface area contributed by atoms with Crippen molar-refractivity contribution in [2.24, 2.45) is 0 Å². The van der Waals surface area contributed by atoms with Crippen LogP contribution >= 0.6 is 0 Å². The molecule has 0 atom stereocenters. The zero-order valence-electron chi connectivity index (χ0n) is 19.0. The van der Waals surface area contributed by atoms with E-state index in [2.05, 4.69) is 4.90 Å². The van der Waals surface area contributed by atoms with Gasteiger partial charge < -0.3 is 9.64 Å². The first-order chi connectivity index (χ1) is 16.1.